The second kappa shape index (κ2) is 9.61. The van der Waals surface area contributed by atoms with Crippen molar-refractivity contribution in [2.45, 2.75) is 25.2 Å². The van der Waals surface area contributed by atoms with Crippen LogP contribution in [0.15, 0.2) is 11.8 Å². The third-order valence-corrected chi connectivity index (χ3v) is 3.89. The molecule has 3 N–H and O–H groups in total. The Morgan fingerprint density at radius 2 is 2.13 bits per heavy atom. The largest absolute Gasteiger partial charge is 0.472 e. The first-order valence-corrected chi connectivity index (χ1v) is 7.34. The van der Waals surface area contributed by atoms with Crippen molar-refractivity contribution in [1.29, 1.82) is 0 Å². The fourth-order valence-electron chi connectivity index (χ4n) is 2.87. The SMILES string of the molecule is COC.O=CC1=COC(O)C2C(C(=O)OCC(O)CO)CCC12. The highest BCUT2D eigenvalue weighted by atomic mass is 16.6. The molecule has 0 aromatic carbocycles. The molecular formula is C15H24O8. The van der Waals surface area contributed by atoms with Crippen molar-refractivity contribution in [2.75, 3.05) is 27.4 Å². The number of aliphatic hydroxyl groups is 3. The molecule has 0 aromatic rings. The van der Waals surface area contributed by atoms with Crippen LogP contribution in [0.1, 0.15) is 12.8 Å². The van der Waals surface area contributed by atoms with E-state index < -0.39 is 36.8 Å². The first kappa shape index (κ1) is 19.6. The number of allylic oxidation sites excluding steroid dienone is 1. The van der Waals surface area contributed by atoms with Gasteiger partial charge in [0.05, 0.1) is 18.8 Å². The number of carbonyl (C=O) groups excluding carboxylic acids is 2. The fraction of sp³-hybridized carbons (Fsp3) is 0.733. The maximum Gasteiger partial charge on any atom is 0.309 e. The number of rotatable bonds is 5. The van der Waals surface area contributed by atoms with Crippen molar-refractivity contribution in [3.63, 3.8) is 0 Å². The van der Waals surface area contributed by atoms with Crippen LogP contribution >= 0.6 is 0 Å². The highest BCUT2D eigenvalue weighted by Crippen LogP contribution is 2.45. The van der Waals surface area contributed by atoms with Crippen LogP contribution in [0.5, 0.6) is 0 Å². The number of hydrogen-bond donors (Lipinski definition) is 3. The van der Waals surface area contributed by atoms with Crippen molar-refractivity contribution in [3.8, 4) is 0 Å². The summed E-state index contributed by atoms with van der Waals surface area (Å²) in [4.78, 5) is 22.9. The molecule has 23 heavy (non-hydrogen) atoms. The Morgan fingerprint density at radius 1 is 1.48 bits per heavy atom. The van der Waals surface area contributed by atoms with E-state index in [1.54, 1.807) is 14.2 Å². The van der Waals surface area contributed by atoms with Crippen LogP contribution < -0.4 is 0 Å². The molecule has 0 saturated heterocycles. The average Bonchev–Trinajstić information content (AvgIpc) is 2.99. The van der Waals surface area contributed by atoms with E-state index >= 15 is 0 Å². The quantitative estimate of drug-likeness (QED) is 0.443. The summed E-state index contributed by atoms with van der Waals surface area (Å²) in [5.74, 6) is -1.86. The van der Waals surface area contributed by atoms with Crippen LogP contribution in [-0.2, 0) is 23.8 Å². The van der Waals surface area contributed by atoms with Crippen LogP contribution in [0, 0.1) is 17.8 Å². The second-order valence-electron chi connectivity index (χ2n) is 5.50. The molecule has 8 heteroatoms. The van der Waals surface area contributed by atoms with Gasteiger partial charge in [0.15, 0.2) is 0 Å². The Balaban J connectivity index is 0.000000816. The maximum atomic E-state index is 12.0. The van der Waals surface area contributed by atoms with E-state index in [9.17, 15) is 14.7 Å². The van der Waals surface area contributed by atoms with Crippen molar-refractivity contribution in [3.05, 3.63) is 11.8 Å². The van der Waals surface area contributed by atoms with Crippen LogP contribution in [-0.4, -0.2) is 67.4 Å². The molecule has 0 bridgehead atoms. The summed E-state index contributed by atoms with van der Waals surface area (Å²) in [6.45, 7) is -0.787. The number of aldehydes is 1. The van der Waals surface area contributed by atoms with Gasteiger partial charge < -0.3 is 29.5 Å². The van der Waals surface area contributed by atoms with Crippen LogP contribution in [0.2, 0.25) is 0 Å². The molecule has 1 aliphatic carbocycles. The van der Waals surface area contributed by atoms with Crippen LogP contribution in [0.3, 0.4) is 0 Å². The Bertz CT molecular complexity index is 422. The lowest BCUT2D eigenvalue weighted by molar-refractivity contribution is -0.166. The normalized spacial score (nSPS) is 30.0. The molecule has 2 aliphatic rings. The Labute approximate surface area is 134 Å². The molecule has 0 amide bonds. The van der Waals surface area contributed by atoms with E-state index in [1.165, 1.54) is 6.26 Å². The van der Waals surface area contributed by atoms with Crippen molar-refractivity contribution >= 4 is 12.3 Å². The number of carbonyl (C=O) groups is 2. The number of ether oxygens (including phenoxy) is 3. The summed E-state index contributed by atoms with van der Waals surface area (Å²) in [6.07, 6.45) is 0.725. The number of aliphatic hydroxyl groups excluding tert-OH is 3. The van der Waals surface area contributed by atoms with Gasteiger partial charge in [-0.15, -0.1) is 0 Å². The van der Waals surface area contributed by atoms with E-state index in [0.717, 1.165) is 0 Å². The number of esters is 1. The molecule has 1 aliphatic heterocycles. The van der Waals surface area contributed by atoms with Gasteiger partial charge in [0, 0.05) is 25.7 Å². The van der Waals surface area contributed by atoms with Crippen molar-refractivity contribution in [2.24, 2.45) is 17.8 Å². The highest BCUT2D eigenvalue weighted by molar-refractivity contribution is 5.77. The van der Waals surface area contributed by atoms with Gasteiger partial charge in [-0.3, -0.25) is 9.59 Å². The average molecular weight is 332 g/mol. The predicted octanol–water partition coefficient (Wildman–Crippen LogP) is -0.781. The number of methoxy groups -OCH3 is 1. The zero-order chi connectivity index (χ0) is 17.4. The number of hydrogen-bond acceptors (Lipinski definition) is 8. The van der Waals surface area contributed by atoms with Gasteiger partial charge >= 0.3 is 5.97 Å². The summed E-state index contributed by atoms with van der Waals surface area (Å²) >= 11 is 0. The van der Waals surface area contributed by atoms with E-state index in [4.69, 9.17) is 19.7 Å². The maximum absolute atomic E-state index is 12.0. The van der Waals surface area contributed by atoms with Gasteiger partial charge in [-0.1, -0.05) is 0 Å². The minimum absolute atomic E-state index is 0.212. The zero-order valence-electron chi connectivity index (χ0n) is 13.3. The van der Waals surface area contributed by atoms with Gasteiger partial charge in [0.2, 0.25) is 6.29 Å². The molecule has 132 valence electrons. The summed E-state index contributed by atoms with van der Waals surface area (Å²) in [5, 5.41) is 27.7. The molecular weight excluding hydrogens is 308 g/mol. The predicted molar refractivity (Wildman–Crippen MR) is 77.9 cm³/mol. The smallest absolute Gasteiger partial charge is 0.309 e. The topological polar surface area (TPSA) is 123 Å². The van der Waals surface area contributed by atoms with E-state index in [2.05, 4.69) is 4.74 Å². The monoisotopic (exact) mass is 332 g/mol. The molecule has 2 rings (SSSR count). The lowest BCUT2D eigenvalue weighted by Crippen LogP contribution is -2.38. The summed E-state index contributed by atoms with van der Waals surface area (Å²) in [7, 11) is 3.25. The van der Waals surface area contributed by atoms with Gasteiger partial charge in [0.1, 0.15) is 19.0 Å². The molecule has 1 heterocycles. The van der Waals surface area contributed by atoms with Crippen molar-refractivity contribution in [1.82, 2.24) is 0 Å². The van der Waals surface area contributed by atoms with Crippen LogP contribution in [0.25, 0.3) is 0 Å². The molecule has 1 saturated carbocycles. The van der Waals surface area contributed by atoms with E-state index in [1.807, 2.05) is 0 Å². The lowest BCUT2D eigenvalue weighted by atomic mass is 9.83. The zero-order valence-corrected chi connectivity index (χ0v) is 13.3. The van der Waals surface area contributed by atoms with Gasteiger partial charge in [-0.05, 0) is 18.8 Å². The third-order valence-electron chi connectivity index (χ3n) is 3.89. The summed E-state index contributed by atoms with van der Waals surface area (Å²) in [6, 6.07) is 0. The highest BCUT2D eigenvalue weighted by Gasteiger charge is 2.49. The minimum atomic E-state index is -1.15. The third kappa shape index (κ3) is 5.00. The van der Waals surface area contributed by atoms with E-state index in [0.29, 0.717) is 24.7 Å². The fourth-order valence-corrected chi connectivity index (χ4v) is 2.87. The van der Waals surface area contributed by atoms with Gasteiger partial charge in [0.25, 0.3) is 0 Å². The van der Waals surface area contributed by atoms with E-state index in [-0.39, 0.29) is 12.5 Å². The first-order valence-electron chi connectivity index (χ1n) is 7.34. The standard InChI is InChI=1S/C13H18O7.C2H6O/c14-3-7-5-19-13(18)11-9(7)1-2-10(11)12(17)20-6-8(16)4-15;1-3-2/h3,5,8-11,13,15-16,18H,1-2,4,6H2;1-2H3. The summed E-state index contributed by atoms with van der Waals surface area (Å²) < 4.78 is 14.2. The van der Waals surface area contributed by atoms with Crippen LogP contribution in [0.4, 0.5) is 0 Å². The Morgan fingerprint density at radius 3 is 2.70 bits per heavy atom. The molecule has 8 nitrogen and oxygen atoms in total. The second-order valence-corrected chi connectivity index (χ2v) is 5.50. The van der Waals surface area contributed by atoms with Crippen molar-refractivity contribution < 1.29 is 39.1 Å². The molecule has 1 fully saturated rings. The first-order chi connectivity index (χ1) is 11.0. The lowest BCUT2D eigenvalue weighted by Gasteiger charge is -2.31. The molecule has 5 unspecified atom stereocenters. The van der Waals surface area contributed by atoms with Gasteiger partial charge in [-0.25, -0.2) is 0 Å². The molecule has 0 radical (unpaired) electrons. The van der Waals surface area contributed by atoms with Gasteiger partial charge in [-0.2, -0.15) is 0 Å². The molecule has 0 spiro atoms. The summed E-state index contributed by atoms with van der Waals surface area (Å²) in [5.41, 5.74) is 0.436. The molecule has 0 aromatic heterocycles. The molecule has 5 atom stereocenters. The number of fused-ring (bicyclic) bond motifs is 1. The Kier molecular flexibility index (Phi) is 8.18. The minimum Gasteiger partial charge on any atom is -0.472 e. The Hall–Kier alpha value is -1.48.